The second-order valence-electron chi connectivity index (χ2n) is 3.49. The minimum absolute atomic E-state index is 0.340. The van der Waals surface area contributed by atoms with Gasteiger partial charge in [0.2, 0.25) is 0 Å². The molecule has 2 unspecified atom stereocenters. The van der Waals surface area contributed by atoms with Crippen LogP contribution in [0.5, 0.6) is 0 Å². The van der Waals surface area contributed by atoms with E-state index in [-0.39, 0.29) is 0 Å². The van der Waals surface area contributed by atoms with Gasteiger partial charge in [-0.1, -0.05) is 6.92 Å². The van der Waals surface area contributed by atoms with Gasteiger partial charge >= 0.3 is 0 Å². The molecule has 1 N–H and O–H groups in total. The van der Waals surface area contributed by atoms with Crippen molar-refractivity contribution in [2.75, 3.05) is 12.8 Å². The summed E-state index contributed by atoms with van der Waals surface area (Å²) in [6.07, 6.45) is 2.12. The van der Waals surface area contributed by atoms with Crippen molar-refractivity contribution in [2.45, 2.75) is 25.1 Å². The molecule has 0 aliphatic heterocycles. The molecule has 2 nitrogen and oxygen atoms in total. The molecule has 4 heteroatoms. The lowest BCUT2D eigenvalue weighted by molar-refractivity contribution is 0.584. The van der Waals surface area contributed by atoms with Crippen molar-refractivity contribution >= 4 is 23.1 Å². The van der Waals surface area contributed by atoms with Gasteiger partial charge in [-0.15, -0.1) is 11.3 Å². The number of nitrogens with zero attached hydrogens (tertiary/aromatic N) is 1. The lowest BCUT2D eigenvalue weighted by Crippen LogP contribution is -2.25. The molecule has 0 saturated carbocycles. The first kappa shape index (κ1) is 12.6. The van der Waals surface area contributed by atoms with E-state index in [1.807, 2.05) is 23.9 Å². The molecule has 1 aromatic rings. The molecular formula is C11H16N2S2. The number of hydrogen-bond donors (Lipinski definition) is 1. The average Bonchev–Trinajstić information content (AvgIpc) is 2.73. The third-order valence-corrected chi connectivity index (χ3v) is 4.42. The average molecular weight is 240 g/mol. The van der Waals surface area contributed by atoms with Crippen LogP contribution in [0.1, 0.15) is 29.6 Å². The fourth-order valence-corrected chi connectivity index (χ4v) is 2.27. The second-order valence-corrected chi connectivity index (χ2v) is 5.88. The highest BCUT2D eigenvalue weighted by atomic mass is 32.2. The number of thiophene rings is 1. The lowest BCUT2D eigenvalue weighted by Gasteiger charge is -2.15. The molecule has 0 fully saturated rings. The summed E-state index contributed by atoms with van der Waals surface area (Å²) < 4.78 is 0. The Morgan fingerprint density at radius 2 is 2.27 bits per heavy atom. The van der Waals surface area contributed by atoms with Crippen molar-refractivity contribution in [2.24, 2.45) is 0 Å². The predicted octanol–water partition coefficient (Wildman–Crippen LogP) is 3.02. The van der Waals surface area contributed by atoms with Crippen molar-refractivity contribution in [3.63, 3.8) is 0 Å². The zero-order valence-electron chi connectivity index (χ0n) is 9.28. The van der Waals surface area contributed by atoms with E-state index < -0.39 is 0 Å². The van der Waals surface area contributed by atoms with Gasteiger partial charge in [0.25, 0.3) is 0 Å². The normalized spacial score (nSPS) is 14.5. The van der Waals surface area contributed by atoms with Crippen molar-refractivity contribution in [1.82, 2.24) is 5.32 Å². The largest absolute Gasteiger partial charge is 0.308 e. The Hall–Kier alpha value is -0.500. The summed E-state index contributed by atoms with van der Waals surface area (Å²) in [4.78, 5) is 2.02. The Kier molecular flexibility index (Phi) is 5.16. The fourth-order valence-electron chi connectivity index (χ4n) is 1.17. The Bertz CT molecular complexity index is 341. The standard InChI is InChI=1S/C11H16N2S2/c1-8(14-3)7-13-9(2)11-5-4-10(6-12)15-11/h4-5,8-9,13H,7H2,1-3H3. The van der Waals surface area contributed by atoms with Gasteiger partial charge in [-0.25, -0.2) is 0 Å². The molecule has 1 rings (SSSR count). The van der Waals surface area contributed by atoms with Gasteiger partial charge < -0.3 is 5.32 Å². The SMILES string of the molecule is CSC(C)CNC(C)c1ccc(C#N)s1. The Morgan fingerprint density at radius 1 is 1.53 bits per heavy atom. The molecule has 0 aromatic carbocycles. The summed E-state index contributed by atoms with van der Waals surface area (Å²) in [7, 11) is 0. The van der Waals surface area contributed by atoms with Crippen LogP contribution in [0.3, 0.4) is 0 Å². The summed E-state index contributed by atoms with van der Waals surface area (Å²) in [5.41, 5.74) is 0. The minimum atomic E-state index is 0.340. The molecular weight excluding hydrogens is 224 g/mol. The highest BCUT2D eigenvalue weighted by molar-refractivity contribution is 7.99. The summed E-state index contributed by atoms with van der Waals surface area (Å²) in [5, 5.41) is 12.8. The first-order chi connectivity index (χ1) is 7.17. The van der Waals surface area contributed by atoms with E-state index in [0.29, 0.717) is 11.3 Å². The Labute approximate surface area is 99.7 Å². The number of hydrogen-bond acceptors (Lipinski definition) is 4. The number of thioether (sulfide) groups is 1. The maximum Gasteiger partial charge on any atom is 0.110 e. The number of rotatable bonds is 5. The van der Waals surface area contributed by atoms with E-state index in [1.165, 1.54) is 4.88 Å². The molecule has 0 aliphatic rings. The fraction of sp³-hybridized carbons (Fsp3) is 0.545. The van der Waals surface area contributed by atoms with Crippen LogP contribution in [-0.4, -0.2) is 18.1 Å². The zero-order valence-corrected chi connectivity index (χ0v) is 10.9. The van der Waals surface area contributed by atoms with E-state index >= 15 is 0 Å². The monoisotopic (exact) mass is 240 g/mol. The molecule has 1 aromatic heterocycles. The van der Waals surface area contributed by atoms with Crippen molar-refractivity contribution in [3.8, 4) is 6.07 Å². The van der Waals surface area contributed by atoms with Crippen LogP contribution in [0.15, 0.2) is 12.1 Å². The van der Waals surface area contributed by atoms with Gasteiger partial charge in [-0.3, -0.25) is 0 Å². The molecule has 82 valence electrons. The smallest absolute Gasteiger partial charge is 0.110 e. The summed E-state index contributed by atoms with van der Waals surface area (Å²) in [6, 6.07) is 6.42. The van der Waals surface area contributed by atoms with E-state index in [9.17, 15) is 0 Å². The van der Waals surface area contributed by atoms with Crippen LogP contribution < -0.4 is 5.32 Å². The molecule has 1 heterocycles. The third kappa shape index (κ3) is 3.86. The Balaban J connectivity index is 2.47. The first-order valence-corrected chi connectivity index (χ1v) is 7.03. The first-order valence-electron chi connectivity index (χ1n) is 4.93. The van der Waals surface area contributed by atoms with Crippen molar-refractivity contribution in [3.05, 3.63) is 21.9 Å². The topological polar surface area (TPSA) is 35.8 Å². The number of nitriles is 1. The Morgan fingerprint density at radius 3 is 2.80 bits per heavy atom. The van der Waals surface area contributed by atoms with Gasteiger partial charge in [0.05, 0.1) is 0 Å². The van der Waals surface area contributed by atoms with Gasteiger partial charge in [-0.2, -0.15) is 17.0 Å². The van der Waals surface area contributed by atoms with Gasteiger partial charge in [0.1, 0.15) is 10.9 Å². The molecule has 0 bridgehead atoms. The van der Waals surface area contributed by atoms with Crippen LogP contribution in [-0.2, 0) is 0 Å². The summed E-state index contributed by atoms with van der Waals surface area (Å²) >= 11 is 3.43. The second kappa shape index (κ2) is 6.16. The van der Waals surface area contributed by atoms with Crippen molar-refractivity contribution in [1.29, 1.82) is 5.26 Å². The molecule has 0 spiro atoms. The molecule has 0 saturated heterocycles. The molecule has 0 aliphatic carbocycles. The molecule has 15 heavy (non-hydrogen) atoms. The van der Waals surface area contributed by atoms with Crippen LogP contribution in [0.25, 0.3) is 0 Å². The third-order valence-electron chi connectivity index (χ3n) is 2.28. The highest BCUT2D eigenvalue weighted by Crippen LogP contribution is 2.22. The van der Waals surface area contributed by atoms with E-state index in [4.69, 9.17) is 5.26 Å². The predicted molar refractivity (Wildman–Crippen MR) is 68.4 cm³/mol. The van der Waals surface area contributed by atoms with E-state index in [1.54, 1.807) is 11.3 Å². The maximum absolute atomic E-state index is 8.73. The van der Waals surface area contributed by atoms with Crippen LogP contribution in [0.4, 0.5) is 0 Å². The van der Waals surface area contributed by atoms with Crippen molar-refractivity contribution < 1.29 is 0 Å². The molecule has 2 atom stereocenters. The van der Waals surface area contributed by atoms with Crippen LogP contribution in [0.2, 0.25) is 0 Å². The van der Waals surface area contributed by atoms with E-state index in [2.05, 4.69) is 31.5 Å². The lowest BCUT2D eigenvalue weighted by atomic mass is 10.2. The molecule has 0 radical (unpaired) electrons. The van der Waals surface area contributed by atoms with E-state index in [0.717, 1.165) is 11.4 Å². The quantitative estimate of drug-likeness (QED) is 0.859. The maximum atomic E-state index is 8.73. The van der Waals surface area contributed by atoms with Gasteiger partial charge in [-0.05, 0) is 25.3 Å². The highest BCUT2D eigenvalue weighted by Gasteiger charge is 2.09. The summed E-state index contributed by atoms with van der Waals surface area (Å²) in [6.45, 7) is 5.35. The van der Waals surface area contributed by atoms with Crippen LogP contribution >= 0.6 is 23.1 Å². The van der Waals surface area contributed by atoms with Gasteiger partial charge in [0.15, 0.2) is 0 Å². The summed E-state index contributed by atoms with van der Waals surface area (Å²) in [5.74, 6) is 0. The minimum Gasteiger partial charge on any atom is -0.308 e. The van der Waals surface area contributed by atoms with Crippen LogP contribution in [0, 0.1) is 11.3 Å². The zero-order chi connectivity index (χ0) is 11.3. The van der Waals surface area contributed by atoms with Gasteiger partial charge in [0, 0.05) is 22.7 Å². The molecule has 0 amide bonds. The number of nitrogens with one attached hydrogen (secondary N) is 1.